The van der Waals surface area contributed by atoms with Crippen LogP contribution in [0.15, 0.2) is 42.5 Å². The quantitative estimate of drug-likeness (QED) is 0.477. The summed E-state index contributed by atoms with van der Waals surface area (Å²) >= 11 is 0. The number of hydrogen-bond acceptors (Lipinski definition) is 3. The fraction of sp³-hybridized carbons (Fsp3) is 0.333. The van der Waals surface area contributed by atoms with Crippen LogP contribution in [0.5, 0.6) is 0 Å². The number of carbonyl (C=O) groups excluding carboxylic acids is 2. The minimum atomic E-state index is -1.02. The van der Waals surface area contributed by atoms with Crippen molar-refractivity contribution in [2.45, 2.75) is 38.7 Å². The Bertz CT molecular complexity index is 818. The Morgan fingerprint density at radius 2 is 1.44 bits per heavy atom. The van der Waals surface area contributed by atoms with E-state index in [0.717, 1.165) is 18.6 Å². The Morgan fingerprint density at radius 1 is 0.840 bits per heavy atom. The van der Waals surface area contributed by atoms with Gasteiger partial charge in [-0.25, -0.2) is 0 Å². The molecule has 2 aromatic carbocycles. The van der Waals surface area contributed by atoms with E-state index in [2.05, 4.69) is 19.6 Å². The van der Waals surface area contributed by atoms with Gasteiger partial charge in [-0.3, -0.25) is 9.59 Å². The van der Waals surface area contributed by atoms with E-state index in [1.165, 1.54) is 6.04 Å². The molecule has 0 radical (unpaired) electrons. The van der Waals surface area contributed by atoms with E-state index in [4.69, 9.17) is 4.74 Å². The third kappa shape index (κ3) is 3.97. The molecule has 0 saturated heterocycles. The highest BCUT2D eigenvalue weighted by Gasteiger charge is 2.29. The third-order valence-electron chi connectivity index (χ3n) is 4.47. The van der Waals surface area contributed by atoms with E-state index in [1.54, 1.807) is 30.3 Å². The first-order valence-electron chi connectivity index (χ1n) is 8.76. The van der Waals surface area contributed by atoms with Crippen LogP contribution >= 0.6 is 0 Å². The topological polar surface area (TPSA) is 43.4 Å². The zero-order valence-corrected chi connectivity index (χ0v) is 16.1. The first kappa shape index (κ1) is 17.8. The molecule has 0 spiro atoms. The number of benzene rings is 2. The van der Waals surface area contributed by atoms with Crippen molar-refractivity contribution in [2.24, 2.45) is 0 Å². The first-order chi connectivity index (χ1) is 11.9. The second-order valence-electron chi connectivity index (χ2n) is 7.80. The summed E-state index contributed by atoms with van der Waals surface area (Å²) in [6.45, 7) is 8.28. The van der Waals surface area contributed by atoms with Crippen LogP contribution < -0.4 is 0 Å². The summed E-state index contributed by atoms with van der Waals surface area (Å²) in [5, 5.41) is 0. The van der Waals surface area contributed by atoms with Gasteiger partial charge < -0.3 is 4.74 Å². The molecule has 4 heteroatoms. The minimum absolute atomic E-state index is 0.0761. The van der Waals surface area contributed by atoms with Crippen LogP contribution in [-0.4, -0.2) is 26.2 Å². The molecule has 0 bridgehead atoms. The number of carbonyl (C=O) groups is 2. The van der Waals surface area contributed by atoms with Gasteiger partial charge in [0.05, 0.1) is 6.61 Å². The van der Waals surface area contributed by atoms with Crippen LogP contribution in [-0.2, 0) is 11.3 Å². The average molecular weight is 353 g/mol. The molecule has 3 nitrogen and oxygen atoms in total. The molecule has 130 valence electrons. The molecule has 0 atom stereocenters. The maximum absolute atomic E-state index is 12.7. The fourth-order valence-electron chi connectivity index (χ4n) is 3.13. The Labute approximate surface area is 150 Å². The lowest BCUT2D eigenvalue weighted by Gasteiger charge is -2.18. The summed E-state index contributed by atoms with van der Waals surface area (Å²) < 4.78 is 5.76. The van der Waals surface area contributed by atoms with Crippen molar-refractivity contribution >= 4 is 19.6 Å². The van der Waals surface area contributed by atoms with E-state index >= 15 is 0 Å². The highest BCUT2D eigenvalue weighted by atomic mass is 28.3. The predicted octanol–water partition coefficient (Wildman–Crippen LogP) is 4.71. The van der Waals surface area contributed by atoms with Crippen molar-refractivity contribution in [3.8, 4) is 0 Å². The summed E-state index contributed by atoms with van der Waals surface area (Å²) in [4.78, 5) is 25.3. The van der Waals surface area contributed by atoms with Crippen LogP contribution in [0.1, 0.15) is 43.8 Å². The number of rotatable bonds is 6. The Morgan fingerprint density at radius 3 is 2.08 bits per heavy atom. The zero-order chi connectivity index (χ0) is 18.0. The van der Waals surface area contributed by atoms with Gasteiger partial charge in [0.2, 0.25) is 0 Å². The lowest BCUT2D eigenvalue weighted by molar-refractivity contribution is 0.0978. The van der Waals surface area contributed by atoms with Gasteiger partial charge in [0.15, 0.2) is 11.6 Å². The Kier molecular flexibility index (Phi) is 5.02. The van der Waals surface area contributed by atoms with Gasteiger partial charge in [-0.2, -0.15) is 0 Å². The molecular weight excluding hydrogens is 328 g/mol. The van der Waals surface area contributed by atoms with Crippen molar-refractivity contribution in [1.82, 2.24) is 0 Å². The lowest BCUT2D eigenvalue weighted by atomic mass is 9.83. The van der Waals surface area contributed by atoms with Crippen molar-refractivity contribution in [2.75, 3.05) is 6.61 Å². The highest BCUT2D eigenvalue weighted by molar-refractivity contribution is 6.76. The summed E-state index contributed by atoms with van der Waals surface area (Å²) in [5.74, 6) is -0.154. The molecule has 0 unspecified atom stereocenters. The summed E-state index contributed by atoms with van der Waals surface area (Å²) in [6, 6.07) is 13.7. The van der Waals surface area contributed by atoms with E-state index in [0.29, 0.717) is 28.9 Å². The van der Waals surface area contributed by atoms with Crippen LogP contribution in [0.4, 0.5) is 0 Å². The van der Waals surface area contributed by atoms with Crippen molar-refractivity contribution in [3.63, 3.8) is 0 Å². The molecule has 1 aliphatic carbocycles. The second kappa shape index (κ2) is 7.06. The van der Waals surface area contributed by atoms with Gasteiger partial charge in [0, 0.05) is 36.9 Å². The number of ether oxygens (including phenoxy) is 1. The van der Waals surface area contributed by atoms with Crippen LogP contribution in [0, 0.1) is 0 Å². The normalized spacial score (nSPS) is 13.6. The van der Waals surface area contributed by atoms with Gasteiger partial charge in [-0.1, -0.05) is 56.0 Å². The van der Waals surface area contributed by atoms with Crippen LogP contribution in [0.25, 0.3) is 0 Å². The van der Waals surface area contributed by atoms with E-state index < -0.39 is 8.07 Å². The number of ketones is 2. The molecule has 1 aliphatic rings. The molecule has 0 amide bonds. The Hall–Kier alpha value is -2.04. The van der Waals surface area contributed by atoms with Gasteiger partial charge in [0.25, 0.3) is 0 Å². The first-order valence-corrected chi connectivity index (χ1v) is 12.5. The standard InChI is InChI=1S/C21H24O3Si/c1-25(2,3)12-6-11-24-14-15-9-10-18-19(13-15)21(23)17-8-5-4-7-16(17)20(18)22/h4-5,7-10,13H,6,11-12,14H2,1-3H3. The molecule has 0 N–H and O–H groups in total. The smallest absolute Gasteiger partial charge is 0.194 e. The van der Waals surface area contributed by atoms with Crippen molar-refractivity contribution in [1.29, 1.82) is 0 Å². The van der Waals surface area contributed by atoms with Crippen molar-refractivity contribution < 1.29 is 14.3 Å². The van der Waals surface area contributed by atoms with Crippen LogP contribution in [0.2, 0.25) is 25.7 Å². The molecule has 0 aliphatic heterocycles. The molecule has 25 heavy (non-hydrogen) atoms. The van der Waals surface area contributed by atoms with E-state index in [-0.39, 0.29) is 11.6 Å². The molecule has 0 fully saturated rings. The summed E-state index contributed by atoms with van der Waals surface area (Å²) in [7, 11) is -1.02. The van der Waals surface area contributed by atoms with E-state index in [9.17, 15) is 9.59 Å². The molecule has 2 aromatic rings. The lowest BCUT2D eigenvalue weighted by Crippen LogP contribution is -2.21. The van der Waals surface area contributed by atoms with Gasteiger partial charge in [-0.15, -0.1) is 0 Å². The van der Waals surface area contributed by atoms with Crippen molar-refractivity contribution in [3.05, 3.63) is 70.3 Å². The number of hydrogen-bond donors (Lipinski definition) is 0. The number of fused-ring (bicyclic) bond motifs is 2. The van der Waals surface area contributed by atoms with Gasteiger partial charge in [0.1, 0.15) is 0 Å². The SMILES string of the molecule is C[Si](C)(C)CCCOCc1ccc2c(c1)C(=O)c1ccccc1C2=O. The molecular formula is C21H24O3Si. The second-order valence-corrected chi connectivity index (χ2v) is 13.4. The Balaban J connectivity index is 1.70. The summed E-state index contributed by atoms with van der Waals surface area (Å²) in [6.07, 6.45) is 1.07. The van der Waals surface area contributed by atoms with Gasteiger partial charge >= 0.3 is 0 Å². The maximum Gasteiger partial charge on any atom is 0.194 e. The van der Waals surface area contributed by atoms with Gasteiger partial charge in [-0.05, 0) is 24.1 Å². The largest absolute Gasteiger partial charge is 0.377 e. The minimum Gasteiger partial charge on any atom is -0.377 e. The third-order valence-corrected chi connectivity index (χ3v) is 6.33. The predicted molar refractivity (Wildman–Crippen MR) is 102 cm³/mol. The molecule has 0 aromatic heterocycles. The molecule has 0 heterocycles. The highest BCUT2D eigenvalue weighted by Crippen LogP contribution is 2.28. The van der Waals surface area contributed by atoms with Crippen LogP contribution in [0.3, 0.4) is 0 Å². The molecule has 3 rings (SSSR count). The fourth-order valence-corrected chi connectivity index (χ4v) is 4.34. The average Bonchev–Trinajstić information content (AvgIpc) is 2.58. The zero-order valence-electron chi connectivity index (χ0n) is 15.1. The maximum atomic E-state index is 12.7. The molecule has 0 saturated carbocycles. The summed E-state index contributed by atoms with van der Waals surface area (Å²) in [5.41, 5.74) is 2.91. The monoisotopic (exact) mass is 352 g/mol. The van der Waals surface area contributed by atoms with E-state index in [1.807, 2.05) is 12.1 Å².